The molecule has 0 fully saturated rings. The standard InChI is InChI=1S/C22H35N5O3S/c1-6-15-14(16(7-2)27-26-15)11-17-18(21(30)24-9-8-10-28)19(20(29)23-5)22(31-17)25-12-13(3)4/h13,25,28H,6-12H2,1-5H3,(H,23,29)(H,24,30)(H,26,27). The van der Waals surface area contributed by atoms with Crippen LogP contribution in [-0.2, 0) is 19.3 Å². The molecule has 172 valence electrons. The number of thiophene rings is 1. The molecule has 2 aromatic heterocycles. The van der Waals surface area contributed by atoms with Gasteiger partial charge in [0.2, 0.25) is 0 Å². The summed E-state index contributed by atoms with van der Waals surface area (Å²) in [4.78, 5) is 26.8. The number of amides is 2. The Morgan fingerprint density at radius 2 is 1.90 bits per heavy atom. The molecule has 0 unspecified atom stereocenters. The summed E-state index contributed by atoms with van der Waals surface area (Å²) in [5.41, 5.74) is 3.91. The number of aromatic amines is 1. The maximum absolute atomic E-state index is 13.2. The van der Waals surface area contributed by atoms with Gasteiger partial charge >= 0.3 is 0 Å². The number of carbonyl (C=O) groups excluding carboxylic acids is 2. The van der Waals surface area contributed by atoms with Gasteiger partial charge in [-0.25, -0.2) is 0 Å². The zero-order valence-electron chi connectivity index (χ0n) is 19.1. The van der Waals surface area contributed by atoms with Gasteiger partial charge < -0.3 is 21.1 Å². The Hall–Kier alpha value is -2.39. The van der Waals surface area contributed by atoms with Crippen LogP contribution >= 0.6 is 11.3 Å². The Bertz CT molecular complexity index is 867. The molecule has 2 amide bonds. The highest BCUT2D eigenvalue weighted by Gasteiger charge is 2.29. The Morgan fingerprint density at radius 3 is 2.48 bits per heavy atom. The van der Waals surface area contributed by atoms with E-state index in [-0.39, 0.29) is 18.4 Å². The predicted molar refractivity (Wildman–Crippen MR) is 125 cm³/mol. The molecule has 2 rings (SSSR count). The zero-order valence-corrected chi connectivity index (χ0v) is 20.0. The minimum Gasteiger partial charge on any atom is -0.396 e. The number of H-pyrrole nitrogens is 1. The van der Waals surface area contributed by atoms with Crippen LogP contribution in [0.4, 0.5) is 5.00 Å². The van der Waals surface area contributed by atoms with Crippen molar-refractivity contribution in [3.8, 4) is 0 Å². The first-order valence-corrected chi connectivity index (χ1v) is 11.7. The second kappa shape index (κ2) is 11.9. The topological polar surface area (TPSA) is 119 Å². The third-order valence-corrected chi connectivity index (χ3v) is 6.17. The molecule has 5 N–H and O–H groups in total. The number of aliphatic hydroxyl groups is 1. The van der Waals surface area contributed by atoms with E-state index in [0.29, 0.717) is 48.0 Å². The molecule has 0 spiro atoms. The Balaban J connectivity index is 2.57. The van der Waals surface area contributed by atoms with Crippen molar-refractivity contribution in [1.29, 1.82) is 0 Å². The van der Waals surface area contributed by atoms with Crippen molar-refractivity contribution in [3.05, 3.63) is 33.0 Å². The first-order valence-electron chi connectivity index (χ1n) is 10.9. The van der Waals surface area contributed by atoms with E-state index in [0.717, 1.165) is 34.7 Å². The number of carbonyl (C=O) groups is 2. The molecule has 0 aromatic carbocycles. The number of hydrogen-bond acceptors (Lipinski definition) is 6. The summed E-state index contributed by atoms with van der Waals surface area (Å²) in [5.74, 6) is -0.202. The number of aryl methyl sites for hydroxylation is 2. The van der Waals surface area contributed by atoms with E-state index in [4.69, 9.17) is 5.11 Å². The normalized spacial score (nSPS) is 11.1. The van der Waals surface area contributed by atoms with Crippen LogP contribution in [0.2, 0.25) is 0 Å². The lowest BCUT2D eigenvalue weighted by Crippen LogP contribution is -2.29. The van der Waals surface area contributed by atoms with Gasteiger partial charge in [0.1, 0.15) is 5.00 Å². The minimum absolute atomic E-state index is 0.00495. The fourth-order valence-corrected chi connectivity index (χ4v) is 4.59. The molecule has 2 heterocycles. The molecule has 0 radical (unpaired) electrons. The van der Waals surface area contributed by atoms with E-state index in [1.165, 1.54) is 11.3 Å². The molecule has 8 nitrogen and oxygen atoms in total. The summed E-state index contributed by atoms with van der Waals surface area (Å²) in [7, 11) is 1.57. The lowest BCUT2D eigenvalue weighted by atomic mass is 10.0. The molecule has 0 aliphatic heterocycles. The molecule has 31 heavy (non-hydrogen) atoms. The lowest BCUT2D eigenvalue weighted by Gasteiger charge is -2.11. The number of aromatic nitrogens is 2. The largest absolute Gasteiger partial charge is 0.396 e. The summed E-state index contributed by atoms with van der Waals surface area (Å²) >= 11 is 1.45. The van der Waals surface area contributed by atoms with Crippen molar-refractivity contribution in [1.82, 2.24) is 20.8 Å². The third-order valence-electron chi connectivity index (χ3n) is 5.02. The number of aliphatic hydroxyl groups excluding tert-OH is 1. The number of nitrogens with zero attached hydrogens (tertiary/aromatic N) is 1. The fraction of sp³-hybridized carbons (Fsp3) is 0.591. The highest BCUT2D eigenvalue weighted by molar-refractivity contribution is 7.17. The maximum atomic E-state index is 13.2. The second-order valence-corrected chi connectivity index (χ2v) is 8.91. The second-order valence-electron chi connectivity index (χ2n) is 7.80. The van der Waals surface area contributed by atoms with Crippen LogP contribution in [0.15, 0.2) is 0 Å². The summed E-state index contributed by atoms with van der Waals surface area (Å²) in [6.45, 7) is 9.35. The third kappa shape index (κ3) is 6.07. The van der Waals surface area contributed by atoms with Crippen molar-refractivity contribution in [3.63, 3.8) is 0 Å². The molecular formula is C22H35N5O3S. The Labute approximate surface area is 188 Å². The van der Waals surface area contributed by atoms with Gasteiger partial charge in [-0.3, -0.25) is 14.7 Å². The van der Waals surface area contributed by atoms with E-state index in [1.54, 1.807) is 7.05 Å². The van der Waals surface area contributed by atoms with E-state index >= 15 is 0 Å². The van der Waals surface area contributed by atoms with E-state index in [9.17, 15) is 9.59 Å². The van der Waals surface area contributed by atoms with Crippen molar-refractivity contribution >= 4 is 28.2 Å². The average Bonchev–Trinajstić information content (AvgIpc) is 3.32. The van der Waals surface area contributed by atoms with Crippen LogP contribution in [0, 0.1) is 5.92 Å². The van der Waals surface area contributed by atoms with Crippen LogP contribution in [0.3, 0.4) is 0 Å². The quantitative estimate of drug-likeness (QED) is 0.319. The van der Waals surface area contributed by atoms with Crippen molar-refractivity contribution in [2.24, 2.45) is 5.92 Å². The van der Waals surface area contributed by atoms with Gasteiger partial charge in [-0.15, -0.1) is 11.3 Å². The summed E-state index contributed by atoms with van der Waals surface area (Å²) in [5, 5.41) is 26.2. The average molecular weight is 450 g/mol. The number of nitrogens with one attached hydrogen (secondary N) is 4. The highest BCUT2D eigenvalue weighted by atomic mass is 32.1. The summed E-state index contributed by atoms with van der Waals surface area (Å²) in [6.07, 6.45) is 2.59. The molecule has 0 saturated heterocycles. The molecule has 9 heteroatoms. The maximum Gasteiger partial charge on any atom is 0.254 e. The predicted octanol–water partition coefficient (Wildman–Crippen LogP) is 2.73. The molecular weight excluding hydrogens is 414 g/mol. The minimum atomic E-state index is -0.296. The van der Waals surface area contributed by atoms with Gasteiger partial charge in [0.05, 0.1) is 16.8 Å². The molecule has 0 aliphatic rings. The summed E-state index contributed by atoms with van der Waals surface area (Å²) < 4.78 is 0. The lowest BCUT2D eigenvalue weighted by molar-refractivity contribution is 0.0923. The summed E-state index contributed by atoms with van der Waals surface area (Å²) in [6, 6.07) is 0. The first-order chi connectivity index (χ1) is 14.9. The fourth-order valence-electron chi connectivity index (χ4n) is 3.37. The Kier molecular flexibility index (Phi) is 9.51. The molecule has 0 bridgehead atoms. The van der Waals surface area contributed by atoms with E-state index in [2.05, 4.69) is 53.8 Å². The van der Waals surface area contributed by atoms with Crippen molar-refractivity contribution < 1.29 is 14.7 Å². The van der Waals surface area contributed by atoms with Crippen molar-refractivity contribution in [2.75, 3.05) is 32.1 Å². The van der Waals surface area contributed by atoms with Gasteiger partial charge in [0, 0.05) is 49.3 Å². The van der Waals surface area contributed by atoms with E-state index < -0.39 is 0 Å². The molecule has 2 aromatic rings. The van der Waals surface area contributed by atoms with Gasteiger partial charge in [-0.05, 0) is 25.2 Å². The molecule has 0 atom stereocenters. The van der Waals surface area contributed by atoms with Gasteiger partial charge in [0.15, 0.2) is 0 Å². The number of anilines is 1. The van der Waals surface area contributed by atoms with Crippen LogP contribution in [-0.4, -0.2) is 53.9 Å². The van der Waals surface area contributed by atoms with Gasteiger partial charge in [-0.1, -0.05) is 27.7 Å². The SMILES string of the molecule is CCc1n[nH]c(CC)c1Cc1sc(NCC(C)C)c(C(=O)NC)c1C(=O)NCCCO. The number of hydrogen-bond donors (Lipinski definition) is 5. The first kappa shape index (κ1) is 24.9. The van der Waals surface area contributed by atoms with Crippen LogP contribution in [0.5, 0.6) is 0 Å². The van der Waals surface area contributed by atoms with Crippen LogP contribution in [0.1, 0.15) is 76.7 Å². The Morgan fingerprint density at radius 1 is 1.16 bits per heavy atom. The van der Waals surface area contributed by atoms with Gasteiger partial charge in [0.25, 0.3) is 11.8 Å². The number of rotatable bonds is 12. The van der Waals surface area contributed by atoms with Crippen LogP contribution in [0.25, 0.3) is 0 Å². The monoisotopic (exact) mass is 449 g/mol. The van der Waals surface area contributed by atoms with Crippen LogP contribution < -0.4 is 16.0 Å². The smallest absolute Gasteiger partial charge is 0.254 e. The molecule has 0 aliphatic carbocycles. The molecule has 0 saturated carbocycles. The van der Waals surface area contributed by atoms with Gasteiger partial charge in [-0.2, -0.15) is 5.10 Å². The van der Waals surface area contributed by atoms with E-state index in [1.807, 2.05) is 0 Å². The highest BCUT2D eigenvalue weighted by Crippen LogP contribution is 2.36. The zero-order chi connectivity index (χ0) is 23.0. The van der Waals surface area contributed by atoms with Crippen molar-refractivity contribution in [2.45, 2.75) is 53.4 Å².